The fraction of sp³-hybridized carbons (Fsp3) is 0.529. The zero-order valence-corrected chi connectivity index (χ0v) is 11.3. The summed E-state index contributed by atoms with van der Waals surface area (Å²) in [5.41, 5.74) is 1.59. The highest BCUT2D eigenvalue weighted by molar-refractivity contribution is 5.79. The van der Waals surface area contributed by atoms with Gasteiger partial charge in [0.25, 0.3) is 0 Å². The molecule has 1 spiro atoms. The summed E-state index contributed by atoms with van der Waals surface area (Å²) in [4.78, 5) is 0. The van der Waals surface area contributed by atoms with E-state index in [1.54, 1.807) is 0 Å². The lowest BCUT2D eigenvalue weighted by Gasteiger charge is -2.24. The lowest BCUT2D eigenvalue weighted by molar-refractivity contribution is -0.0414. The van der Waals surface area contributed by atoms with Crippen LogP contribution < -0.4 is 0 Å². The molecular weight excluding hydrogens is 234 g/mol. The van der Waals surface area contributed by atoms with Crippen LogP contribution in [0.1, 0.15) is 38.5 Å². The van der Waals surface area contributed by atoms with E-state index in [1.807, 2.05) is 0 Å². The zero-order chi connectivity index (χ0) is 12.7. The second kappa shape index (κ2) is 4.38. The number of rotatable bonds is 2. The molecule has 1 aromatic heterocycles. The summed E-state index contributed by atoms with van der Waals surface area (Å²) in [6, 6.07) is 10.8. The predicted molar refractivity (Wildman–Crippen MR) is 77.2 cm³/mol. The second-order valence-corrected chi connectivity index (χ2v) is 6.20. The number of fused-ring (bicyclic) bond motifs is 1. The number of hydrogen-bond donors (Lipinski definition) is 0. The van der Waals surface area contributed by atoms with Crippen molar-refractivity contribution in [3.05, 3.63) is 36.5 Å². The van der Waals surface area contributed by atoms with Crippen LogP contribution in [-0.2, 0) is 11.3 Å². The Bertz CT molecular complexity index is 580. The van der Waals surface area contributed by atoms with Crippen LogP contribution in [-0.4, -0.2) is 16.3 Å². The Morgan fingerprint density at radius 3 is 2.84 bits per heavy atom. The lowest BCUT2D eigenvalue weighted by atomic mass is 9.98. The van der Waals surface area contributed by atoms with E-state index in [1.165, 1.54) is 49.4 Å². The molecule has 0 amide bonds. The fourth-order valence-corrected chi connectivity index (χ4v) is 3.93. The van der Waals surface area contributed by atoms with Gasteiger partial charge in [-0.2, -0.15) is 0 Å². The molecule has 1 atom stereocenters. The summed E-state index contributed by atoms with van der Waals surface area (Å²) in [5, 5.41) is 1.33. The van der Waals surface area contributed by atoms with Crippen molar-refractivity contribution in [3.8, 4) is 0 Å². The Morgan fingerprint density at radius 1 is 1.11 bits per heavy atom. The van der Waals surface area contributed by atoms with Crippen LogP contribution in [0, 0.1) is 0 Å². The molecule has 19 heavy (non-hydrogen) atoms. The molecule has 2 heteroatoms. The molecule has 1 saturated carbocycles. The minimum Gasteiger partial charge on any atom is -0.370 e. The molecule has 1 unspecified atom stereocenters. The predicted octanol–water partition coefficient (Wildman–Crippen LogP) is 4.13. The van der Waals surface area contributed by atoms with Crippen LogP contribution in [0.25, 0.3) is 10.9 Å². The van der Waals surface area contributed by atoms with E-state index in [0.717, 1.165) is 6.54 Å². The van der Waals surface area contributed by atoms with Crippen LogP contribution in [0.5, 0.6) is 0 Å². The van der Waals surface area contributed by atoms with E-state index >= 15 is 0 Å². The molecule has 2 nitrogen and oxygen atoms in total. The first-order valence-electron chi connectivity index (χ1n) is 7.56. The van der Waals surface area contributed by atoms with Gasteiger partial charge in [0.1, 0.15) is 0 Å². The summed E-state index contributed by atoms with van der Waals surface area (Å²) in [6.45, 7) is 1.01. The summed E-state index contributed by atoms with van der Waals surface area (Å²) >= 11 is 0. The van der Waals surface area contributed by atoms with Crippen molar-refractivity contribution < 1.29 is 4.74 Å². The highest BCUT2D eigenvalue weighted by atomic mass is 16.5. The number of benzene rings is 1. The molecule has 0 radical (unpaired) electrons. The number of ether oxygens (including phenoxy) is 1. The third-order valence-corrected chi connectivity index (χ3v) is 4.93. The largest absolute Gasteiger partial charge is 0.370 e. The maximum Gasteiger partial charge on any atom is 0.0762 e. The minimum absolute atomic E-state index is 0.258. The molecule has 100 valence electrons. The van der Waals surface area contributed by atoms with Crippen molar-refractivity contribution in [2.24, 2.45) is 0 Å². The van der Waals surface area contributed by atoms with Crippen molar-refractivity contribution in [2.75, 3.05) is 0 Å². The van der Waals surface area contributed by atoms with E-state index in [0.29, 0.717) is 6.10 Å². The van der Waals surface area contributed by atoms with Gasteiger partial charge in [-0.05, 0) is 43.2 Å². The normalized spacial score (nSPS) is 25.6. The highest BCUT2D eigenvalue weighted by Crippen LogP contribution is 2.43. The molecule has 2 heterocycles. The monoisotopic (exact) mass is 255 g/mol. The highest BCUT2D eigenvalue weighted by Gasteiger charge is 2.42. The number of hydrogen-bond acceptors (Lipinski definition) is 1. The Labute approximate surface area is 114 Å². The molecule has 0 bridgehead atoms. The Balaban J connectivity index is 1.53. The van der Waals surface area contributed by atoms with Crippen LogP contribution in [0.4, 0.5) is 0 Å². The van der Waals surface area contributed by atoms with E-state index in [-0.39, 0.29) is 5.60 Å². The summed E-state index contributed by atoms with van der Waals surface area (Å²) in [5.74, 6) is 0. The van der Waals surface area contributed by atoms with Crippen molar-refractivity contribution >= 4 is 10.9 Å². The molecule has 1 aromatic carbocycles. The van der Waals surface area contributed by atoms with E-state index in [2.05, 4.69) is 41.1 Å². The summed E-state index contributed by atoms with van der Waals surface area (Å²) < 4.78 is 8.77. The molecule has 1 aliphatic heterocycles. The van der Waals surface area contributed by atoms with Gasteiger partial charge in [0.15, 0.2) is 0 Å². The molecule has 1 aliphatic carbocycles. The van der Waals surface area contributed by atoms with Crippen LogP contribution >= 0.6 is 0 Å². The smallest absolute Gasteiger partial charge is 0.0762 e. The van der Waals surface area contributed by atoms with Gasteiger partial charge < -0.3 is 9.30 Å². The molecule has 4 rings (SSSR count). The molecule has 2 fully saturated rings. The van der Waals surface area contributed by atoms with E-state index in [4.69, 9.17) is 4.74 Å². The second-order valence-electron chi connectivity index (χ2n) is 6.20. The maximum absolute atomic E-state index is 6.41. The minimum atomic E-state index is 0.258. The van der Waals surface area contributed by atoms with Gasteiger partial charge in [-0.25, -0.2) is 0 Å². The number of para-hydroxylation sites is 1. The number of aromatic nitrogens is 1. The van der Waals surface area contributed by atoms with Crippen LogP contribution in [0.2, 0.25) is 0 Å². The van der Waals surface area contributed by atoms with Crippen molar-refractivity contribution in [1.29, 1.82) is 0 Å². The zero-order valence-electron chi connectivity index (χ0n) is 11.3. The number of nitrogens with zero attached hydrogens (tertiary/aromatic N) is 1. The van der Waals surface area contributed by atoms with Crippen molar-refractivity contribution in [1.82, 2.24) is 4.57 Å². The Morgan fingerprint density at radius 2 is 1.95 bits per heavy atom. The van der Waals surface area contributed by atoms with Gasteiger partial charge in [0.05, 0.1) is 11.7 Å². The van der Waals surface area contributed by atoms with Gasteiger partial charge in [-0.15, -0.1) is 0 Å². The van der Waals surface area contributed by atoms with E-state index < -0.39 is 0 Å². The first-order chi connectivity index (χ1) is 9.35. The van der Waals surface area contributed by atoms with E-state index in [9.17, 15) is 0 Å². The van der Waals surface area contributed by atoms with Crippen LogP contribution in [0.3, 0.4) is 0 Å². The first kappa shape index (κ1) is 11.5. The van der Waals surface area contributed by atoms with Gasteiger partial charge in [0, 0.05) is 18.3 Å². The lowest BCUT2D eigenvalue weighted by Crippen LogP contribution is -2.26. The average molecular weight is 255 g/mol. The molecule has 1 saturated heterocycles. The van der Waals surface area contributed by atoms with Gasteiger partial charge in [0.2, 0.25) is 0 Å². The standard InChI is InChI=1S/C17H21NO/c1-2-6-16-14(5-1)8-12-18(16)13-15-7-11-17(19-15)9-3-4-10-17/h1-2,5-6,8,12,15H,3-4,7,9-11,13H2. The quantitative estimate of drug-likeness (QED) is 0.787. The SMILES string of the molecule is c1ccc2c(c1)ccn2CC1CCC2(CCCC2)O1. The van der Waals surface area contributed by atoms with Crippen LogP contribution in [0.15, 0.2) is 36.5 Å². The van der Waals surface area contributed by atoms with Gasteiger partial charge in [-0.3, -0.25) is 0 Å². The molecule has 2 aromatic rings. The fourth-order valence-electron chi connectivity index (χ4n) is 3.93. The molecular formula is C17H21NO. The Kier molecular flexibility index (Phi) is 2.66. The summed E-state index contributed by atoms with van der Waals surface area (Å²) in [6.07, 6.45) is 10.4. The first-order valence-corrected chi connectivity index (χ1v) is 7.56. The van der Waals surface area contributed by atoms with Crippen molar-refractivity contribution in [2.45, 2.75) is 56.8 Å². The average Bonchev–Trinajstić information content (AvgIpc) is 3.14. The van der Waals surface area contributed by atoms with Crippen molar-refractivity contribution in [3.63, 3.8) is 0 Å². The molecule has 2 aliphatic rings. The maximum atomic E-state index is 6.41. The van der Waals surface area contributed by atoms with Gasteiger partial charge >= 0.3 is 0 Å². The van der Waals surface area contributed by atoms with Gasteiger partial charge in [-0.1, -0.05) is 31.0 Å². The molecule has 0 N–H and O–H groups in total. The third kappa shape index (κ3) is 1.99. The topological polar surface area (TPSA) is 14.2 Å². The third-order valence-electron chi connectivity index (χ3n) is 4.93. The Hall–Kier alpha value is -1.28. The summed E-state index contributed by atoms with van der Waals surface area (Å²) in [7, 11) is 0.